The summed E-state index contributed by atoms with van der Waals surface area (Å²) in [5.74, 6) is -1.05. The fourth-order valence-corrected chi connectivity index (χ4v) is 2.58. The van der Waals surface area contributed by atoms with Crippen molar-refractivity contribution in [3.8, 4) is 5.75 Å². The molecule has 0 saturated heterocycles. The van der Waals surface area contributed by atoms with E-state index in [9.17, 15) is 17.2 Å². The van der Waals surface area contributed by atoms with Crippen LogP contribution in [-0.2, 0) is 9.84 Å². The Morgan fingerprint density at radius 2 is 2.04 bits per heavy atom. The summed E-state index contributed by atoms with van der Waals surface area (Å²) in [5.41, 5.74) is 0. The van der Waals surface area contributed by atoms with E-state index < -0.39 is 21.5 Å². The fourth-order valence-electron chi connectivity index (χ4n) is 1.80. The largest absolute Gasteiger partial charge is 0.492 e. The number of guanidine groups is 1. The Morgan fingerprint density at radius 3 is 2.62 bits per heavy atom. The highest BCUT2D eigenvalue weighted by Crippen LogP contribution is 2.14. The molecular weight excluding hydrogens is 340 g/mol. The second kappa shape index (κ2) is 9.41. The van der Waals surface area contributed by atoms with Crippen LogP contribution < -0.4 is 15.4 Å². The van der Waals surface area contributed by atoms with Gasteiger partial charge < -0.3 is 15.4 Å². The maximum Gasteiger partial charge on any atom is 0.191 e. The molecule has 0 aliphatic heterocycles. The lowest BCUT2D eigenvalue weighted by Gasteiger charge is -2.17. The molecule has 0 amide bonds. The Labute approximate surface area is 141 Å². The lowest BCUT2D eigenvalue weighted by molar-refractivity contribution is 0.318. The third-order valence-electron chi connectivity index (χ3n) is 3.08. The van der Waals surface area contributed by atoms with Crippen LogP contribution in [0.4, 0.5) is 8.78 Å². The molecule has 0 radical (unpaired) electrons. The van der Waals surface area contributed by atoms with Crippen LogP contribution in [-0.4, -0.2) is 52.6 Å². The van der Waals surface area contributed by atoms with Gasteiger partial charge in [0.1, 0.15) is 22.2 Å². The average Bonchev–Trinajstić information content (AvgIpc) is 2.51. The van der Waals surface area contributed by atoms with Crippen molar-refractivity contribution >= 4 is 15.8 Å². The van der Waals surface area contributed by atoms with Gasteiger partial charge in [-0.25, -0.2) is 17.2 Å². The molecule has 0 spiro atoms. The summed E-state index contributed by atoms with van der Waals surface area (Å²) < 4.78 is 53.4. The summed E-state index contributed by atoms with van der Waals surface area (Å²) in [6.45, 7) is 2.47. The van der Waals surface area contributed by atoms with Gasteiger partial charge in [-0.3, -0.25) is 4.99 Å². The lowest BCUT2D eigenvalue weighted by Crippen LogP contribution is -2.44. The van der Waals surface area contributed by atoms with Crippen LogP contribution in [0.2, 0.25) is 0 Å². The molecule has 1 aromatic carbocycles. The average molecular weight is 363 g/mol. The van der Waals surface area contributed by atoms with E-state index in [0.29, 0.717) is 18.9 Å². The molecule has 0 aliphatic carbocycles. The van der Waals surface area contributed by atoms with E-state index in [1.54, 1.807) is 7.05 Å². The van der Waals surface area contributed by atoms with Crippen LogP contribution in [0.25, 0.3) is 0 Å². The molecule has 24 heavy (non-hydrogen) atoms. The van der Waals surface area contributed by atoms with Gasteiger partial charge in [-0.05, 0) is 25.5 Å². The van der Waals surface area contributed by atoms with Crippen LogP contribution in [0.15, 0.2) is 23.2 Å². The molecule has 0 aliphatic rings. The molecule has 0 fully saturated rings. The number of halogens is 2. The Hall–Kier alpha value is -1.90. The molecule has 1 atom stereocenters. The highest BCUT2D eigenvalue weighted by molar-refractivity contribution is 7.90. The number of nitrogens with one attached hydrogen (secondary N) is 2. The van der Waals surface area contributed by atoms with Crippen LogP contribution >= 0.6 is 0 Å². The van der Waals surface area contributed by atoms with Crippen molar-refractivity contribution in [1.29, 1.82) is 0 Å². The molecule has 0 aromatic heterocycles. The number of hydrogen-bond donors (Lipinski definition) is 2. The summed E-state index contributed by atoms with van der Waals surface area (Å²) in [5, 5.41) is 6.05. The van der Waals surface area contributed by atoms with Gasteiger partial charge in [-0.15, -0.1) is 0 Å². The van der Waals surface area contributed by atoms with Gasteiger partial charge in [-0.1, -0.05) is 0 Å². The highest BCUT2D eigenvalue weighted by Gasteiger charge is 2.09. The minimum atomic E-state index is -3.00. The van der Waals surface area contributed by atoms with Gasteiger partial charge in [0.15, 0.2) is 17.6 Å². The van der Waals surface area contributed by atoms with E-state index >= 15 is 0 Å². The Bertz CT molecular complexity index is 666. The maximum absolute atomic E-state index is 13.0. The first-order valence-corrected chi connectivity index (χ1v) is 9.50. The van der Waals surface area contributed by atoms with E-state index in [0.717, 1.165) is 12.1 Å². The minimum absolute atomic E-state index is 0.0713. The summed E-state index contributed by atoms with van der Waals surface area (Å²) in [4.78, 5) is 4.02. The third kappa shape index (κ3) is 8.09. The first kappa shape index (κ1) is 20.1. The normalized spacial score (nSPS) is 13.5. The fraction of sp³-hybridized carbons (Fsp3) is 0.533. The monoisotopic (exact) mass is 363 g/mol. The van der Waals surface area contributed by atoms with Crippen molar-refractivity contribution in [2.24, 2.45) is 4.99 Å². The molecule has 0 bridgehead atoms. The topological polar surface area (TPSA) is 79.8 Å². The second-order valence-electron chi connectivity index (χ2n) is 5.39. The molecule has 136 valence electrons. The van der Waals surface area contributed by atoms with E-state index in [-0.39, 0.29) is 24.2 Å². The molecular formula is C15H23F2N3O3S. The highest BCUT2D eigenvalue weighted by atomic mass is 32.2. The van der Waals surface area contributed by atoms with Crippen molar-refractivity contribution < 1.29 is 21.9 Å². The standard InChI is InChI=1S/C15H23F2N3O3S/c1-11(6-9-24(3,21)22)20-15(18-2)19-7-8-23-12-4-5-13(16)14(17)10-12/h4-5,10-11H,6-9H2,1-3H3,(H2,18,19,20). The number of nitrogens with zero attached hydrogens (tertiary/aromatic N) is 1. The zero-order valence-electron chi connectivity index (χ0n) is 14.0. The number of benzene rings is 1. The number of hydrogen-bond acceptors (Lipinski definition) is 4. The molecule has 6 nitrogen and oxygen atoms in total. The molecule has 0 saturated carbocycles. The van der Waals surface area contributed by atoms with Crippen molar-refractivity contribution in [2.75, 3.05) is 32.2 Å². The molecule has 9 heteroatoms. The summed E-state index contributed by atoms with van der Waals surface area (Å²) in [6, 6.07) is 3.26. The number of sulfone groups is 1. The van der Waals surface area contributed by atoms with Crippen molar-refractivity contribution in [2.45, 2.75) is 19.4 Å². The quantitative estimate of drug-likeness (QED) is 0.414. The van der Waals surface area contributed by atoms with Gasteiger partial charge in [0.05, 0.1) is 12.3 Å². The SMILES string of the molecule is CN=C(NCCOc1ccc(F)c(F)c1)NC(C)CCS(C)(=O)=O. The maximum atomic E-state index is 13.0. The molecule has 0 heterocycles. The van der Waals surface area contributed by atoms with Crippen LogP contribution in [0.5, 0.6) is 5.75 Å². The second-order valence-corrected chi connectivity index (χ2v) is 7.65. The summed E-state index contributed by atoms with van der Waals surface area (Å²) in [7, 11) is -1.41. The Balaban J connectivity index is 2.32. The third-order valence-corrected chi connectivity index (χ3v) is 4.06. The van der Waals surface area contributed by atoms with Gasteiger partial charge in [-0.2, -0.15) is 0 Å². The molecule has 1 aromatic rings. The summed E-state index contributed by atoms with van der Waals surface area (Å²) in [6.07, 6.45) is 1.66. The smallest absolute Gasteiger partial charge is 0.191 e. The van der Waals surface area contributed by atoms with Gasteiger partial charge in [0.2, 0.25) is 0 Å². The summed E-state index contributed by atoms with van der Waals surface area (Å²) >= 11 is 0. The van der Waals surface area contributed by atoms with E-state index in [1.165, 1.54) is 12.3 Å². The van der Waals surface area contributed by atoms with Gasteiger partial charge in [0.25, 0.3) is 0 Å². The minimum Gasteiger partial charge on any atom is -0.492 e. The Kier molecular flexibility index (Phi) is 7.90. The predicted octanol–water partition coefficient (Wildman–Crippen LogP) is 1.33. The first-order valence-electron chi connectivity index (χ1n) is 7.44. The molecule has 1 unspecified atom stereocenters. The predicted molar refractivity (Wildman–Crippen MR) is 90.1 cm³/mol. The zero-order chi connectivity index (χ0) is 18.2. The van der Waals surface area contributed by atoms with Gasteiger partial charge in [0, 0.05) is 25.4 Å². The van der Waals surface area contributed by atoms with Gasteiger partial charge >= 0.3 is 0 Å². The van der Waals surface area contributed by atoms with E-state index in [4.69, 9.17) is 4.74 Å². The van der Waals surface area contributed by atoms with Crippen molar-refractivity contribution in [3.63, 3.8) is 0 Å². The molecule has 1 rings (SSSR count). The van der Waals surface area contributed by atoms with Crippen LogP contribution in [0.1, 0.15) is 13.3 Å². The van der Waals surface area contributed by atoms with E-state index in [2.05, 4.69) is 15.6 Å². The Morgan fingerprint density at radius 1 is 1.33 bits per heavy atom. The first-order chi connectivity index (χ1) is 11.2. The van der Waals surface area contributed by atoms with Crippen LogP contribution in [0.3, 0.4) is 0 Å². The number of aliphatic imine (C=N–C) groups is 1. The van der Waals surface area contributed by atoms with Crippen LogP contribution in [0, 0.1) is 11.6 Å². The number of rotatable bonds is 8. The number of ether oxygens (including phenoxy) is 1. The zero-order valence-corrected chi connectivity index (χ0v) is 14.8. The van der Waals surface area contributed by atoms with Crippen molar-refractivity contribution in [3.05, 3.63) is 29.8 Å². The lowest BCUT2D eigenvalue weighted by atomic mass is 10.3. The van der Waals surface area contributed by atoms with Crippen molar-refractivity contribution in [1.82, 2.24) is 10.6 Å². The molecule has 2 N–H and O–H groups in total. The van der Waals surface area contributed by atoms with E-state index in [1.807, 2.05) is 6.92 Å².